The minimum Gasteiger partial charge on any atom is -0.489 e. The standard InChI is InChI=1S/C20H29N3O3/c1-7-10-23(14(2)3)19(24)12-16-13-26-18-9-8-15(20(25)21(4)5)11-17(18)22(16)6/h7-9,11,14,16H,1,10,12-13H2,2-6H3/t16-/m0/s1. The molecule has 0 fully saturated rings. The van der Waals surface area contributed by atoms with E-state index in [1.165, 1.54) is 0 Å². The van der Waals surface area contributed by atoms with Crippen molar-refractivity contribution in [1.82, 2.24) is 9.80 Å². The van der Waals surface area contributed by atoms with E-state index < -0.39 is 0 Å². The van der Waals surface area contributed by atoms with Crippen LogP contribution in [0.3, 0.4) is 0 Å². The van der Waals surface area contributed by atoms with Crippen LogP contribution in [0.5, 0.6) is 5.75 Å². The lowest BCUT2D eigenvalue weighted by molar-refractivity contribution is -0.132. The summed E-state index contributed by atoms with van der Waals surface area (Å²) in [5.41, 5.74) is 1.44. The minimum atomic E-state index is -0.0780. The zero-order valence-corrected chi connectivity index (χ0v) is 16.4. The molecule has 0 saturated heterocycles. The second kappa shape index (κ2) is 8.25. The summed E-state index contributed by atoms with van der Waals surface area (Å²) >= 11 is 0. The third kappa shape index (κ3) is 4.18. The van der Waals surface area contributed by atoms with E-state index in [1.54, 1.807) is 31.1 Å². The first-order chi connectivity index (χ1) is 12.3. The van der Waals surface area contributed by atoms with Gasteiger partial charge in [-0.15, -0.1) is 6.58 Å². The van der Waals surface area contributed by atoms with Crippen LogP contribution in [0.1, 0.15) is 30.6 Å². The Kier molecular flexibility index (Phi) is 6.29. The molecule has 0 bridgehead atoms. The van der Waals surface area contributed by atoms with Gasteiger partial charge in [-0.1, -0.05) is 6.08 Å². The van der Waals surface area contributed by atoms with Crippen LogP contribution in [0.15, 0.2) is 30.9 Å². The molecule has 1 aromatic carbocycles. The number of fused-ring (bicyclic) bond motifs is 1. The lowest BCUT2D eigenvalue weighted by Crippen LogP contribution is -2.46. The lowest BCUT2D eigenvalue weighted by atomic mass is 10.1. The van der Waals surface area contributed by atoms with Crippen molar-refractivity contribution in [2.24, 2.45) is 0 Å². The van der Waals surface area contributed by atoms with Crippen molar-refractivity contribution in [1.29, 1.82) is 0 Å². The van der Waals surface area contributed by atoms with Gasteiger partial charge in [0.05, 0.1) is 18.2 Å². The van der Waals surface area contributed by atoms with Crippen molar-refractivity contribution in [3.63, 3.8) is 0 Å². The van der Waals surface area contributed by atoms with Crippen LogP contribution in [-0.2, 0) is 4.79 Å². The number of anilines is 1. The van der Waals surface area contributed by atoms with Crippen LogP contribution in [0.4, 0.5) is 5.69 Å². The fraction of sp³-hybridized carbons (Fsp3) is 0.500. The molecular formula is C20H29N3O3. The Morgan fingerprint density at radius 2 is 2.08 bits per heavy atom. The molecule has 1 heterocycles. The number of benzene rings is 1. The van der Waals surface area contributed by atoms with E-state index in [0.29, 0.717) is 25.1 Å². The van der Waals surface area contributed by atoms with Crippen molar-refractivity contribution in [3.05, 3.63) is 36.4 Å². The molecule has 26 heavy (non-hydrogen) atoms. The molecule has 6 nitrogen and oxygen atoms in total. The second-order valence-electron chi connectivity index (χ2n) is 7.09. The first-order valence-electron chi connectivity index (χ1n) is 8.88. The summed E-state index contributed by atoms with van der Waals surface area (Å²) in [6.07, 6.45) is 2.10. The molecule has 1 atom stereocenters. The maximum atomic E-state index is 12.7. The van der Waals surface area contributed by atoms with E-state index in [4.69, 9.17) is 4.74 Å². The molecule has 1 aliphatic heterocycles. The highest BCUT2D eigenvalue weighted by Gasteiger charge is 2.29. The molecule has 0 N–H and O–H groups in total. The van der Waals surface area contributed by atoms with Gasteiger partial charge in [-0.2, -0.15) is 0 Å². The second-order valence-corrected chi connectivity index (χ2v) is 7.09. The van der Waals surface area contributed by atoms with Crippen molar-refractivity contribution < 1.29 is 14.3 Å². The molecule has 1 aliphatic rings. The van der Waals surface area contributed by atoms with Crippen LogP contribution in [0.25, 0.3) is 0 Å². The third-order valence-corrected chi connectivity index (χ3v) is 4.65. The van der Waals surface area contributed by atoms with Gasteiger partial charge in [-0.05, 0) is 32.0 Å². The summed E-state index contributed by atoms with van der Waals surface area (Å²) in [6, 6.07) is 5.46. The van der Waals surface area contributed by atoms with Gasteiger partial charge in [0.1, 0.15) is 12.4 Å². The minimum absolute atomic E-state index is 0.0589. The van der Waals surface area contributed by atoms with Crippen molar-refractivity contribution >= 4 is 17.5 Å². The highest BCUT2D eigenvalue weighted by molar-refractivity contribution is 5.95. The summed E-state index contributed by atoms with van der Waals surface area (Å²) in [5, 5.41) is 0. The number of hydrogen-bond acceptors (Lipinski definition) is 4. The highest BCUT2D eigenvalue weighted by Crippen LogP contribution is 2.35. The lowest BCUT2D eigenvalue weighted by Gasteiger charge is -2.37. The van der Waals surface area contributed by atoms with Gasteiger partial charge in [0.15, 0.2) is 0 Å². The van der Waals surface area contributed by atoms with E-state index in [9.17, 15) is 9.59 Å². The number of rotatable bonds is 6. The monoisotopic (exact) mass is 359 g/mol. The molecule has 0 aliphatic carbocycles. The predicted octanol–water partition coefficient (Wildman–Crippen LogP) is 2.40. The van der Waals surface area contributed by atoms with Gasteiger partial charge in [-0.3, -0.25) is 9.59 Å². The number of carbonyl (C=O) groups is 2. The fourth-order valence-corrected chi connectivity index (χ4v) is 3.06. The Labute approximate surface area is 156 Å². The summed E-state index contributed by atoms with van der Waals surface area (Å²) in [7, 11) is 5.39. The van der Waals surface area contributed by atoms with Crippen molar-refractivity contribution in [3.8, 4) is 5.75 Å². The number of amides is 2. The largest absolute Gasteiger partial charge is 0.489 e. The van der Waals surface area contributed by atoms with Gasteiger partial charge in [-0.25, -0.2) is 0 Å². The molecule has 2 amide bonds. The first kappa shape index (κ1) is 19.8. The molecule has 0 spiro atoms. The molecule has 6 heteroatoms. The Bertz CT molecular complexity index is 685. The molecule has 142 valence electrons. The highest BCUT2D eigenvalue weighted by atomic mass is 16.5. The van der Waals surface area contributed by atoms with Crippen LogP contribution >= 0.6 is 0 Å². The Hall–Kier alpha value is -2.50. The molecule has 0 unspecified atom stereocenters. The predicted molar refractivity (Wildman–Crippen MR) is 104 cm³/mol. The average molecular weight is 359 g/mol. The first-order valence-corrected chi connectivity index (χ1v) is 8.88. The van der Waals surface area contributed by atoms with E-state index in [-0.39, 0.29) is 23.9 Å². The van der Waals surface area contributed by atoms with E-state index >= 15 is 0 Å². The molecule has 0 saturated carbocycles. The van der Waals surface area contributed by atoms with Crippen molar-refractivity contribution in [2.75, 3.05) is 39.2 Å². The maximum Gasteiger partial charge on any atom is 0.253 e. The SMILES string of the molecule is C=CCN(C(=O)C[C@H]1COc2ccc(C(=O)N(C)C)cc2N1C)C(C)C. The van der Waals surface area contributed by atoms with Gasteiger partial charge in [0.2, 0.25) is 5.91 Å². The maximum absolute atomic E-state index is 12.7. The smallest absolute Gasteiger partial charge is 0.253 e. The van der Waals surface area contributed by atoms with E-state index in [1.807, 2.05) is 42.8 Å². The normalized spacial score (nSPS) is 15.9. The summed E-state index contributed by atoms with van der Waals surface area (Å²) in [5.74, 6) is 0.749. The zero-order chi connectivity index (χ0) is 19.4. The summed E-state index contributed by atoms with van der Waals surface area (Å²) in [4.78, 5) is 30.3. The molecular weight excluding hydrogens is 330 g/mol. The van der Waals surface area contributed by atoms with Crippen LogP contribution in [-0.4, -0.2) is 68.0 Å². The molecule has 1 aromatic rings. The Balaban J connectivity index is 2.19. The summed E-state index contributed by atoms with van der Waals surface area (Å²) < 4.78 is 5.85. The number of hydrogen-bond donors (Lipinski definition) is 0. The number of likely N-dealkylation sites (N-methyl/N-ethyl adjacent to an activating group) is 1. The Morgan fingerprint density at radius 1 is 1.38 bits per heavy atom. The van der Waals surface area contributed by atoms with Crippen LogP contribution < -0.4 is 9.64 Å². The van der Waals surface area contributed by atoms with E-state index in [0.717, 1.165) is 11.4 Å². The topological polar surface area (TPSA) is 53.1 Å². The number of nitrogens with zero attached hydrogens (tertiary/aromatic N) is 3. The molecule has 0 radical (unpaired) electrons. The Morgan fingerprint density at radius 3 is 2.65 bits per heavy atom. The third-order valence-electron chi connectivity index (χ3n) is 4.65. The number of carbonyl (C=O) groups excluding carboxylic acids is 2. The molecule has 0 aromatic heterocycles. The summed E-state index contributed by atoms with van der Waals surface area (Å²) in [6.45, 7) is 8.70. The zero-order valence-electron chi connectivity index (χ0n) is 16.4. The van der Waals surface area contributed by atoms with Crippen LogP contribution in [0.2, 0.25) is 0 Å². The van der Waals surface area contributed by atoms with Gasteiger partial charge in [0.25, 0.3) is 5.91 Å². The van der Waals surface area contributed by atoms with E-state index in [2.05, 4.69) is 6.58 Å². The fourth-order valence-electron chi connectivity index (χ4n) is 3.06. The van der Waals surface area contributed by atoms with Gasteiger partial charge < -0.3 is 19.4 Å². The molecule has 2 rings (SSSR count). The number of ether oxygens (including phenoxy) is 1. The van der Waals surface area contributed by atoms with Gasteiger partial charge in [0, 0.05) is 39.3 Å². The average Bonchev–Trinajstić information content (AvgIpc) is 2.60. The van der Waals surface area contributed by atoms with Crippen molar-refractivity contribution in [2.45, 2.75) is 32.4 Å². The van der Waals surface area contributed by atoms with Crippen LogP contribution in [0, 0.1) is 0 Å². The quantitative estimate of drug-likeness (QED) is 0.732. The van der Waals surface area contributed by atoms with Gasteiger partial charge >= 0.3 is 0 Å².